The van der Waals surface area contributed by atoms with Gasteiger partial charge in [-0.25, -0.2) is 0 Å². The highest BCUT2D eigenvalue weighted by Gasteiger charge is 2.26. The molecule has 2 amide bonds. The van der Waals surface area contributed by atoms with Crippen molar-refractivity contribution < 1.29 is 19.1 Å². The van der Waals surface area contributed by atoms with E-state index in [2.05, 4.69) is 15.1 Å². The Morgan fingerprint density at radius 1 is 0.973 bits per heavy atom. The first kappa shape index (κ1) is 26.4. The predicted octanol–water partition coefficient (Wildman–Crippen LogP) is 3.24. The average molecular weight is 524 g/mol. The van der Waals surface area contributed by atoms with Crippen LogP contribution in [0.5, 0.6) is 5.75 Å². The van der Waals surface area contributed by atoms with Gasteiger partial charge in [0.15, 0.2) is 5.82 Å². The van der Waals surface area contributed by atoms with Crippen molar-refractivity contribution in [2.24, 2.45) is 0 Å². The van der Waals surface area contributed by atoms with E-state index in [9.17, 15) is 9.59 Å². The van der Waals surface area contributed by atoms with Gasteiger partial charge >= 0.3 is 0 Å². The van der Waals surface area contributed by atoms with E-state index in [1.807, 2.05) is 36.4 Å². The quantitative estimate of drug-likeness (QED) is 0.425. The first-order valence-corrected chi connectivity index (χ1v) is 12.4. The van der Waals surface area contributed by atoms with E-state index in [0.717, 1.165) is 22.8 Å². The summed E-state index contributed by atoms with van der Waals surface area (Å²) in [6.07, 6.45) is 0. The van der Waals surface area contributed by atoms with Crippen molar-refractivity contribution in [1.29, 1.82) is 0 Å². The van der Waals surface area contributed by atoms with Gasteiger partial charge in [0.1, 0.15) is 12.3 Å². The number of halogens is 1. The molecule has 1 saturated heterocycles. The molecule has 10 heteroatoms. The first-order valence-electron chi connectivity index (χ1n) is 12.0. The van der Waals surface area contributed by atoms with Crippen LogP contribution in [0.25, 0.3) is 11.3 Å². The van der Waals surface area contributed by atoms with Gasteiger partial charge in [0.05, 0.1) is 30.0 Å². The lowest BCUT2D eigenvalue weighted by Gasteiger charge is -2.36. The molecule has 2 aromatic carbocycles. The Labute approximate surface area is 221 Å². The van der Waals surface area contributed by atoms with Crippen molar-refractivity contribution in [2.45, 2.75) is 0 Å². The summed E-state index contributed by atoms with van der Waals surface area (Å²) in [4.78, 5) is 31.5. The standard InChI is InChI=1S/C27H30ClN5O4/c1-36-17-16-33(27(35)22-8-3-4-9-23(22)28)19-26(34)32-14-12-31(13-15-32)25-11-10-24(29-30-25)20-6-5-7-21(18-20)37-2/h3-11,18H,12-17,19H2,1-2H3. The number of ether oxygens (including phenoxy) is 2. The molecule has 0 aliphatic carbocycles. The van der Waals surface area contributed by atoms with E-state index in [1.54, 1.807) is 43.4 Å². The normalized spacial score (nSPS) is 13.4. The van der Waals surface area contributed by atoms with E-state index in [-0.39, 0.29) is 18.4 Å². The number of aromatic nitrogens is 2. The third-order valence-electron chi connectivity index (χ3n) is 6.26. The number of hydrogen-bond donors (Lipinski definition) is 0. The molecule has 1 fully saturated rings. The molecule has 0 N–H and O–H groups in total. The SMILES string of the molecule is COCCN(CC(=O)N1CCN(c2ccc(-c3cccc(OC)c3)nn2)CC1)C(=O)c1ccccc1Cl. The zero-order chi connectivity index (χ0) is 26.2. The van der Waals surface area contributed by atoms with Gasteiger partial charge in [-0.2, -0.15) is 0 Å². The minimum Gasteiger partial charge on any atom is -0.497 e. The zero-order valence-corrected chi connectivity index (χ0v) is 21.7. The third kappa shape index (κ3) is 6.55. The van der Waals surface area contributed by atoms with Crippen LogP contribution in [0.3, 0.4) is 0 Å². The smallest absolute Gasteiger partial charge is 0.255 e. The van der Waals surface area contributed by atoms with Gasteiger partial charge in [-0.05, 0) is 36.4 Å². The largest absolute Gasteiger partial charge is 0.497 e. The van der Waals surface area contributed by atoms with Gasteiger partial charge in [0.2, 0.25) is 5.91 Å². The average Bonchev–Trinajstić information content (AvgIpc) is 2.95. The van der Waals surface area contributed by atoms with Gasteiger partial charge < -0.3 is 24.2 Å². The number of methoxy groups -OCH3 is 2. The zero-order valence-electron chi connectivity index (χ0n) is 21.0. The molecule has 9 nitrogen and oxygen atoms in total. The highest BCUT2D eigenvalue weighted by molar-refractivity contribution is 6.33. The maximum absolute atomic E-state index is 13.1. The maximum atomic E-state index is 13.1. The molecule has 1 aromatic heterocycles. The molecule has 2 heterocycles. The number of hydrogen-bond acceptors (Lipinski definition) is 7. The van der Waals surface area contributed by atoms with E-state index >= 15 is 0 Å². The summed E-state index contributed by atoms with van der Waals surface area (Å²) in [5.74, 6) is 1.12. The Bertz CT molecular complexity index is 1220. The van der Waals surface area contributed by atoms with Gasteiger partial charge in [-0.15, -0.1) is 10.2 Å². The summed E-state index contributed by atoms with van der Waals surface area (Å²) < 4.78 is 10.4. The summed E-state index contributed by atoms with van der Waals surface area (Å²) in [6, 6.07) is 18.4. The number of nitrogens with zero attached hydrogens (tertiary/aromatic N) is 5. The number of carbonyl (C=O) groups is 2. The summed E-state index contributed by atoms with van der Waals surface area (Å²) in [5.41, 5.74) is 2.06. The highest BCUT2D eigenvalue weighted by atomic mass is 35.5. The fourth-order valence-corrected chi connectivity index (χ4v) is 4.35. The molecule has 0 radical (unpaired) electrons. The number of amides is 2. The van der Waals surface area contributed by atoms with Crippen molar-refractivity contribution in [3.8, 4) is 17.0 Å². The Hall–Kier alpha value is -3.69. The molecule has 37 heavy (non-hydrogen) atoms. The van der Waals surface area contributed by atoms with Crippen LogP contribution in [0.1, 0.15) is 10.4 Å². The van der Waals surface area contributed by atoms with Crippen LogP contribution in [0, 0.1) is 0 Å². The van der Waals surface area contributed by atoms with Gasteiger partial charge in [0, 0.05) is 45.4 Å². The van der Waals surface area contributed by atoms with E-state index < -0.39 is 0 Å². The second-order valence-electron chi connectivity index (χ2n) is 8.58. The molecule has 0 unspecified atom stereocenters. The molecule has 0 atom stereocenters. The molecular formula is C27H30ClN5O4. The monoisotopic (exact) mass is 523 g/mol. The molecule has 3 aromatic rings. The lowest BCUT2D eigenvalue weighted by Crippen LogP contribution is -2.52. The number of carbonyl (C=O) groups excluding carboxylic acids is 2. The lowest BCUT2D eigenvalue weighted by atomic mass is 10.1. The number of piperazine rings is 1. The Morgan fingerprint density at radius 3 is 2.43 bits per heavy atom. The fourth-order valence-electron chi connectivity index (χ4n) is 4.14. The van der Waals surface area contributed by atoms with Gasteiger partial charge in [-0.1, -0.05) is 35.9 Å². The molecule has 0 spiro atoms. The van der Waals surface area contributed by atoms with Crippen molar-refractivity contribution in [3.63, 3.8) is 0 Å². The van der Waals surface area contributed by atoms with E-state index in [1.165, 1.54) is 4.90 Å². The molecule has 4 rings (SSSR count). The van der Waals surface area contributed by atoms with Crippen LogP contribution < -0.4 is 9.64 Å². The molecule has 194 valence electrons. The maximum Gasteiger partial charge on any atom is 0.255 e. The molecule has 0 bridgehead atoms. The van der Waals surface area contributed by atoms with Crippen LogP contribution in [0.4, 0.5) is 5.82 Å². The summed E-state index contributed by atoms with van der Waals surface area (Å²) in [6.45, 7) is 2.86. The van der Waals surface area contributed by atoms with Gasteiger partial charge in [-0.3, -0.25) is 9.59 Å². The predicted molar refractivity (Wildman–Crippen MR) is 142 cm³/mol. The topological polar surface area (TPSA) is 88.1 Å². The molecular weight excluding hydrogens is 494 g/mol. The Kier molecular flexibility index (Phi) is 8.92. The van der Waals surface area contributed by atoms with Crippen molar-refractivity contribution in [2.75, 3.05) is 65.0 Å². The van der Waals surface area contributed by atoms with Crippen molar-refractivity contribution >= 4 is 29.2 Å². The number of rotatable bonds is 9. The van der Waals surface area contributed by atoms with Crippen LogP contribution in [-0.2, 0) is 9.53 Å². The van der Waals surface area contributed by atoms with Gasteiger partial charge in [0.25, 0.3) is 5.91 Å². The van der Waals surface area contributed by atoms with E-state index in [4.69, 9.17) is 21.1 Å². The summed E-state index contributed by atoms with van der Waals surface area (Å²) in [5, 5.41) is 9.14. The van der Waals surface area contributed by atoms with Crippen LogP contribution in [0.15, 0.2) is 60.7 Å². The summed E-state index contributed by atoms with van der Waals surface area (Å²) in [7, 11) is 3.19. The Morgan fingerprint density at radius 2 is 1.76 bits per heavy atom. The third-order valence-corrected chi connectivity index (χ3v) is 6.58. The second kappa shape index (κ2) is 12.5. The number of benzene rings is 2. The fraction of sp³-hybridized carbons (Fsp3) is 0.333. The number of anilines is 1. The second-order valence-corrected chi connectivity index (χ2v) is 8.98. The lowest BCUT2D eigenvalue weighted by molar-refractivity contribution is -0.132. The van der Waals surface area contributed by atoms with Crippen molar-refractivity contribution in [1.82, 2.24) is 20.0 Å². The minimum atomic E-state index is -0.291. The van der Waals surface area contributed by atoms with Crippen LogP contribution in [0.2, 0.25) is 5.02 Å². The molecule has 1 aliphatic rings. The first-order chi connectivity index (χ1) is 18.0. The van der Waals surface area contributed by atoms with Crippen LogP contribution in [-0.4, -0.2) is 91.9 Å². The summed E-state index contributed by atoms with van der Waals surface area (Å²) >= 11 is 6.22. The minimum absolute atomic E-state index is 0.0392. The van der Waals surface area contributed by atoms with E-state index in [0.29, 0.717) is 49.9 Å². The molecule has 0 saturated carbocycles. The Balaban J connectivity index is 1.35. The van der Waals surface area contributed by atoms with Crippen LogP contribution >= 0.6 is 11.6 Å². The highest BCUT2D eigenvalue weighted by Crippen LogP contribution is 2.23. The van der Waals surface area contributed by atoms with Crippen molar-refractivity contribution in [3.05, 3.63) is 71.2 Å². The molecule has 1 aliphatic heterocycles.